The molecule has 0 aromatic carbocycles. The fraction of sp³-hybridized carbons (Fsp3) is 0.417. The van der Waals surface area contributed by atoms with Gasteiger partial charge in [0.05, 0.1) is 10.6 Å². The number of aryl methyl sites for hydroxylation is 2. The van der Waals surface area contributed by atoms with Crippen LogP contribution in [0.2, 0.25) is 0 Å². The number of nitrogens with one attached hydrogen (secondary N) is 1. The highest BCUT2D eigenvalue weighted by Gasteiger charge is 2.26. The molecule has 1 N–H and O–H groups in total. The maximum Gasteiger partial charge on any atom is 0.319 e. The normalized spacial score (nSPS) is 10.7. The number of aromatic nitrogens is 4. The number of carbonyl (C=O) groups is 1. The van der Waals surface area contributed by atoms with Crippen molar-refractivity contribution in [3.8, 4) is 0 Å². The molecule has 9 nitrogen and oxygen atoms in total. The molecule has 0 radical (unpaired) electrons. The van der Waals surface area contributed by atoms with Crippen molar-refractivity contribution in [1.82, 2.24) is 24.9 Å². The van der Waals surface area contributed by atoms with E-state index in [9.17, 15) is 14.9 Å². The highest BCUT2D eigenvalue weighted by Crippen LogP contribution is 2.19. The van der Waals surface area contributed by atoms with Gasteiger partial charge in [-0.1, -0.05) is 0 Å². The first-order valence-electron chi connectivity index (χ1n) is 6.25. The van der Waals surface area contributed by atoms with Gasteiger partial charge in [0, 0.05) is 31.9 Å². The van der Waals surface area contributed by atoms with Gasteiger partial charge < -0.3 is 4.90 Å². The highest BCUT2D eigenvalue weighted by molar-refractivity contribution is 5.95. The Balaban J connectivity index is 2.24. The molecule has 0 spiro atoms. The highest BCUT2D eigenvalue weighted by atomic mass is 16.6. The van der Waals surface area contributed by atoms with Crippen molar-refractivity contribution in [2.45, 2.75) is 20.4 Å². The minimum Gasteiger partial charge on any atom is -0.336 e. The molecule has 2 aromatic heterocycles. The number of carbonyl (C=O) groups excluding carboxylic acids is 1. The number of hydrogen-bond acceptors (Lipinski definition) is 5. The van der Waals surface area contributed by atoms with Crippen LogP contribution in [0.1, 0.15) is 27.4 Å². The van der Waals surface area contributed by atoms with E-state index in [1.54, 1.807) is 11.7 Å². The fourth-order valence-corrected chi connectivity index (χ4v) is 2.12. The van der Waals surface area contributed by atoms with Crippen molar-refractivity contribution in [3.63, 3.8) is 0 Å². The molecule has 0 bridgehead atoms. The van der Waals surface area contributed by atoms with Crippen molar-refractivity contribution in [1.29, 1.82) is 0 Å². The Morgan fingerprint density at radius 2 is 2.19 bits per heavy atom. The summed E-state index contributed by atoms with van der Waals surface area (Å²) in [7, 11) is 3.41. The fourth-order valence-electron chi connectivity index (χ4n) is 2.12. The van der Waals surface area contributed by atoms with Crippen molar-refractivity contribution in [3.05, 3.63) is 39.0 Å². The van der Waals surface area contributed by atoms with Gasteiger partial charge in [0.25, 0.3) is 5.91 Å². The monoisotopic (exact) mass is 292 g/mol. The Labute approximate surface area is 120 Å². The SMILES string of the molecule is Cc1nn(C)c(C)c1CN(C)C(=O)c1[nH]ncc1[N+](=O)[O-]. The Morgan fingerprint density at radius 3 is 2.71 bits per heavy atom. The van der Waals surface area contributed by atoms with E-state index in [2.05, 4.69) is 15.3 Å². The third-order valence-corrected chi connectivity index (χ3v) is 3.43. The van der Waals surface area contributed by atoms with E-state index in [1.165, 1.54) is 4.90 Å². The molecule has 0 atom stereocenters. The Morgan fingerprint density at radius 1 is 1.52 bits per heavy atom. The predicted molar refractivity (Wildman–Crippen MR) is 73.7 cm³/mol. The molecule has 0 aliphatic heterocycles. The smallest absolute Gasteiger partial charge is 0.319 e. The summed E-state index contributed by atoms with van der Waals surface area (Å²) in [6, 6.07) is 0. The van der Waals surface area contributed by atoms with Gasteiger partial charge in [-0.2, -0.15) is 10.2 Å². The minimum absolute atomic E-state index is 0.123. The molecule has 1 amide bonds. The molecular formula is C12H16N6O3. The summed E-state index contributed by atoms with van der Waals surface area (Å²) in [6.07, 6.45) is 1.03. The number of H-pyrrole nitrogens is 1. The molecule has 112 valence electrons. The maximum absolute atomic E-state index is 12.3. The van der Waals surface area contributed by atoms with Gasteiger partial charge in [-0.05, 0) is 13.8 Å². The molecule has 2 rings (SSSR count). The first-order valence-corrected chi connectivity index (χ1v) is 6.25. The van der Waals surface area contributed by atoms with Gasteiger partial charge in [0.2, 0.25) is 5.69 Å². The number of amides is 1. The zero-order valence-electron chi connectivity index (χ0n) is 12.2. The van der Waals surface area contributed by atoms with E-state index in [0.717, 1.165) is 23.1 Å². The molecule has 0 saturated carbocycles. The number of nitro groups is 1. The zero-order chi connectivity index (χ0) is 15.7. The maximum atomic E-state index is 12.3. The number of rotatable bonds is 4. The van der Waals surface area contributed by atoms with E-state index >= 15 is 0 Å². The molecular weight excluding hydrogens is 276 g/mol. The lowest BCUT2D eigenvalue weighted by molar-refractivity contribution is -0.385. The molecule has 0 unspecified atom stereocenters. The van der Waals surface area contributed by atoms with Crippen LogP contribution >= 0.6 is 0 Å². The Hall–Kier alpha value is -2.71. The van der Waals surface area contributed by atoms with Crippen LogP contribution < -0.4 is 0 Å². The third kappa shape index (κ3) is 2.62. The second-order valence-corrected chi connectivity index (χ2v) is 4.82. The van der Waals surface area contributed by atoms with Crippen LogP contribution in [0, 0.1) is 24.0 Å². The summed E-state index contributed by atoms with van der Waals surface area (Å²) >= 11 is 0. The second-order valence-electron chi connectivity index (χ2n) is 4.82. The van der Waals surface area contributed by atoms with Crippen LogP contribution in [0.15, 0.2) is 6.20 Å². The van der Waals surface area contributed by atoms with Crippen molar-refractivity contribution in [2.24, 2.45) is 7.05 Å². The summed E-state index contributed by atoms with van der Waals surface area (Å²) in [6.45, 7) is 4.09. The van der Waals surface area contributed by atoms with Gasteiger partial charge in [-0.15, -0.1) is 0 Å². The lowest BCUT2D eigenvalue weighted by Crippen LogP contribution is -2.27. The van der Waals surface area contributed by atoms with Gasteiger partial charge in [0.15, 0.2) is 0 Å². The summed E-state index contributed by atoms with van der Waals surface area (Å²) < 4.78 is 1.74. The average molecular weight is 292 g/mol. The van der Waals surface area contributed by atoms with Crippen LogP contribution in [0.25, 0.3) is 0 Å². The van der Waals surface area contributed by atoms with Crippen LogP contribution in [0.4, 0.5) is 5.69 Å². The van der Waals surface area contributed by atoms with Gasteiger partial charge in [-0.3, -0.25) is 24.7 Å². The molecule has 0 aliphatic rings. The first kappa shape index (κ1) is 14.7. The minimum atomic E-state index is -0.634. The lowest BCUT2D eigenvalue weighted by atomic mass is 10.2. The van der Waals surface area contributed by atoms with Crippen molar-refractivity contribution >= 4 is 11.6 Å². The number of nitrogens with zero attached hydrogens (tertiary/aromatic N) is 5. The number of hydrogen-bond donors (Lipinski definition) is 1. The first-order chi connectivity index (χ1) is 9.82. The molecule has 0 fully saturated rings. The van der Waals surface area contributed by atoms with Crippen molar-refractivity contribution < 1.29 is 9.72 Å². The Kier molecular flexibility index (Phi) is 3.74. The van der Waals surface area contributed by atoms with Crippen LogP contribution in [-0.4, -0.2) is 42.8 Å². The van der Waals surface area contributed by atoms with Gasteiger partial charge in [0.1, 0.15) is 6.20 Å². The van der Waals surface area contributed by atoms with Crippen LogP contribution in [0.5, 0.6) is 0 Å². The van der Waals surface area contributed by atoms with Crippen LogP contribution in [0.3, 0.4) is 0 Å². The molecule has 0 aliphatic carbocycles. The topological polar surface area (TPSA) is 110 Å². The summed E-state index contributed by atoms with van der Waals surface area (Å²) in [4.78, 5) is 23.9. The molecule has 9 heteroatoms. The summed E-state index contributed by atoms with van der Waals surface area (Å²) in [5.41, 5.74) is 2.25. The van der Waals surface area contributed by atoms with E-state index in [-0.39, 0.29) is 11.4 Å². The molecule has 2 aromatic rings. The van der Waals surface area contributed by atoms with E-state index in [1.807, 2.05) is 20.9 Å². The van der Waals surface area contributed by atoms with Crippen LogP contribution in [-0.2, 0) is 13.6 Å². The average Bonchev–Trinajstić information content (AvgIpc) is 2.99. The quantitative estimate of drug-likeness (QED) is 0.666. The largest absolute Gasteiger partial charge is 0.336 e. The van der Waals surface area contributed by atoms with Gasteiger partial charge in [-0.25, -0.2) is 0 Å². The van der Waals surface area contributed by atoms with E-state index in [4.69, 9.17) is 0 Å². The summed E-state index contributed by atoms with van der Waals surface area (Å²) in [5.74, 6) is -0.484. The number of aromatic amines is 1. The van der Waals surface area contributed by atoms with Crippen molar-refractivity contribution in [2.75, 3.05) is 7.05 Å². The predicted octanol–water partition coefficient (Wildman–Crippen LogP) is 0.940. The third-order valence-electron chi connectivity index (χ3n) is 3.43. The van der Waals surface area contributed by atoms with E-state index in [0.29, 0.717) is 6.54 Å². The summed E-state index contributed by atoms with van der Waals surface area (Å²) in [5, 5.41) is 21.1. The standard InChI is InChI=1S/C12H16N6O3/c1-7-9(8(2)17(4)15-7)6-16(3)12(19)11-10(18(20)21)5-13-14-11/h5H,6H2,1-4H3,(H,13,14). The molecule has 0 saturated heterocycles. The van der Waals surface area contributed by atoms with Gasteiger partial charge >= 0.3 is 5.69 Å². The molecule has 21 heavy (non-hydrogen) atoms. The zero-order valence-corrected chi connectivity index (χ0v) is 12.2. The Bertz CT molecular complexity index is 702. The molecule has 2 heterocycles. The lowest BCUT2D eigenvalue weighted by Gasteiger charge is -2.16. The second kappa shape index (κ2) is 5.35. The van der Waals surface area contributed by atoms with E-state index < -0.39 is 10.8 Å².